The Morgan fingerprint density at radius 3 is 2.82 bits per heavy atom. The van der Waals surface area contributed by atoms with E-state index in [9.17, 15) is 4.79 Å². The van der Waals surface area contributed by atoms with Gasteiger partial charge in [0.15, 0.2) is 0 Å². The Morgan fingerprint density at radius 1 is 1.55 bits per heavy atom. The second-order valence-corrected chi connectivity index (χ2v) is 3.02. The molecule has 1 rings (SSSR count). The molecule has 1 heterocycles. The first kappa shape index (κ1) is 8.31. The van der Waals surface area contributed by atoms with Gasteiger partial charge >= 0.3 is 0 Å². The molecule has 0 atom stereocenters. The number of hydrogen-bond acceptors (Lipinski definition) is 1. The molecule has 0 saturated carbocycles. The summed E-state index contributed by atoms with van der Waals surface area (Å²) in [6.07, 6.45) is 4.97. The van der Waals surface area contributed by atoms with Crippen molar-refractivity contribution in [1.29, 1.82) is 0 Å². The van der Waals surface area contributed by atoms with E-state index in [0.717, 1.165) is 19.4 Å². The molecular weight excluding hydrogens is 138 g/mol. The standard InChI is InChI=1S/C9H15NO/c1-3-4-8-5-6-9(11)10(2)7-8/h4H,3,5-7H2,1-2H3/b8-4+. The molecule has 1 aliphatic rings. The highest BCUT2D eigenvalue weighted by atomic mass is 16.2. The van der Waals surface area contributed by atoms with Crippen molar-refractivity contribution in [3.05, 3.63) is 11.6 Å². The van der Waals surface area contributed by atoms with Gasteiger partial charge in [-0.25, -0.2) is 0 Å². The molecule has 1 fully saturated rings. The van der Waals surface area contributed by atoms with Gasteiger partial charge in [-0.1, -0.05) is 18.6 Å². The van der Waals surface area contributed by atoms with Crippen molar-refractivity contribution < 1.29 is 4.79 Å². The van der Waals surface area contributed by atoms with Crippen molar-refractivity contribution in [2.24, 2.45) is 0 Å². The van der Waals surface area contributed by atoms with E-state index in [-0.39, 0.29) is 5.91 Å². The lowest BCUT2D eigenvalue weighted by molar-refractivity contribution is -0.130. The number of likely N-dealkylation sites (N-methyl/N-ethyl adjacent to an activating group) is 1. The number of likely N-dealkylation sites (tertiary alicyclic amines) is 1. The van der Waals surface area contributed by atoms with E-state index >= 15 is 0 Å². The molecule has 1 amide bonds. The quantitative estimate of drug-likeness (QED) is 0.524. The molecule has 0 N–H and O–H groups in total. The molecular formula is C9H15NO. The summed E-state index contributed by atoms with van der Waals surface area (Å²) in [7, 11) is 1.87. The van der Waals surface area contributed by atoms with Crippen LogP contribution in [0.4, 0.5) is 0 Å². The highest BCUT2D eigenvalue weighted by molar-refractivity contribution is 5.77. The molecule has 0 aromatic rings. The lowest BCUT2D eigenvalue weighted by atomic mass is 10.0. The summed E-state index contributed by atoms with van der Waals surface area (Å²) >= 11 is 0. The maximum absolute atomic E-state index is 11.0. The minimum Gasteiger partial charge on any atom is -0.342 e. The van der Waals surface area contributed by atoms with E-state index in [1.165, 1.54) is 5.57 Å². The van der Waals surface area contributed by atoms with Gasteiger partial charge in [0.05, 0.1) is 0 Å². The van der Waals surface area contributed by atoms with Crippen LogP contribution in [-0.2, 0) is 4.79 Å². The number of allylic oxidation sites excluding steroid dienone is 1. The molecule has 0 aliphatic carbocycles. The molecule has 0 bridgehead atoms. The Kier molecular flexibility index (Phi) is 2.69. The largest absolute Gasteiger partial charge is 0.342 e. The Hall–Kier alpha value is -0.790. The van der Waals surface area contributed by atoms with Gasteiger partial charge in [0.2, 0.25) is 5.91 Å². The van der Waals surface area contributed by atoms with Crippen LogP contribution in [-0.4, -0.2) is 24.4 Å². The normalized spacial score (nSPS) is 22.9. The Labute approximate surface area is 67.9 Å². The number of hydrogen-bond donors (Lipinski definition) is 0. The maximum Gasteiger partial charge on any atom is 0.222 e. The third kappa shape index (κ3) is 2.07. The molecule has 0 aromatic heterocycles. The van der Waals surface area contributed by atoms with Crippen LogP contribution in [0.5, 0.6) is 0 Å². The summed E-state index contributed by atoms with van der Waals surface area (Å²) in [5, 5.41) is 0. The highest BCUT2D eigenvalue weighted by Gasteiger charge is 2.16. The summed E-state index contributed by atoms with van der Waals surface area (Å²) < 4.78 is 0. The maximum atomic E-state index is 11.0. The zero-order valence-electron chi connectivity index (χ0n) is 7.26. The predicted octanol–water partition coefficient (Wildman–Crippen LogP) is 1.58. The zero-order chi connectivity index (χ0) is 8.27. The van der Waals surface area contributed by atoms with Crippen molar-refractivity contribution in [1.82, 2.24) is 4.90 Å². The molecule has 1 aliphatic heterocycles. The molecule has 2 heteroatoms. The number of nitrogens with zero attached hydrogens (tertiary/aromatic N) is 1. The van der Waals surface area contributed by atoms with Crippen molar-refractivity contribution in [2.75, 3.05) is 13.6 Å². The minimum absolute atomic E-state index is 0.276. The summed E-state index contributed by atoms with van der Waals surface area (Å²) in [6, 6.07) is 0. The lowest BCUT2D eigenvalue weighted by Gasteiger charge is -2.24. The number of carbonyl (C=O) groups is 1. The van der Waals surface area contributed by atoms with Crippen molar-refractivity contribution in [3.8, 4) is 0 Å². The van der Waals surface area contributed by atoms with Gasteiger partial charge in [-0.2, -0.15) is 0 Å². The van der Waals surface area contributed by atoms with E-state index in [2.05, 4.69) is 13.0 Å². The first-order chi connectivity index (χ1) is 5.24. The highest BCUT2D eigenvalue weighted by Crippen LogP contribution is 2.15. The van der Waals surface area contributed by atoms with Gasteiger partial charge in [0.25, 0.3) is 0 Å². The first-order valence-corrected chi connectivity index (χ1v) is 4.16. The smallest absolute Gasteiger partial charge is 0.222 e. The monoisotopic (exact) mass is 153 g/mol. The van der Waals surface area contributed by atoms with E-state index in [4.69, 9.17) is 0 Å². The molecule has 2 nitrogen and oxygen atoms in total. The number of carbonyl (C=O) groups excluding carboxylic acids is 1. The average Bonchev–Trinajstić information content (AvgIpc) is 1.98. The van der Waals surface area contributed by atoms with Crippen LogP contribution in [0.2, 0.25) is 0 Å². The number of amides is 1. The molecule has 1 saturated heterocycles. The lowest BCUT2D eigenvalue weighted by Crippen LogP contribution is -2.32. The summed E-state index contributed by atoms with van der Waals surface area (Å²) in [5.74, 6) is 0.276. The van der Waals surface area contributed by atoms with Gasteiger partial charge in [0, 0.05) is 20.0 Å². The third-order valence-corrected chi connectivity index (χ3v) is 2.02. The van der Waals surface area contributed by atoms with Gasteiger partial charge in [0.1, 0.15) is 0 Å². The van der Waals surface area contributed by atoms with Gasteiger partial charge < -0.3 is 4.90 Å². The topological polar surface area (TPSA) is 20.3 Å². The number of rotatable bonds is 1. The SMILES string of the molecule is CC/C=C1\CCC(=O)N(C)C1. The Morgan fingerprint density at radius 2 is 2.27 bits per heavy atom. The Balaban J connectivity index is 2.52. The van der Waals surface area contributed by atoms with E-state index in [1.54, 1.807) is 4.90 Å². The zero-order valence-corrected chi connectivity index (χ0v) is 7.26. The van der Waals surface area contributed by atoms with Crippen LogP contribution >= 0.6 is 0 Å². The second kappa shape index (κ2) is 3.56. The van der Waals surface area contributed by atoms with Crippen LogP contribution in [0.3, 0.4) is 0 Å². The van der Waals surface area contributed by atoms with Crippen LogP contribution in [0.1, 0.15) is 26.2 Å². The minimum atomic E-state index is 0.276. The summed E-state index contributed by atoms with van der Waals surface area (Å²) in [4.78, 5) is 12.8. The molecule has 0 unspecified atom stereocenters. The number of piperidine rings is 1. The second-order valence-electron chi connectivity index (χ2n) is 3.02. The van der Waals surface area contributed by atoms with E-state index in [1.807, 2.05) is 7.05 Å². The third-order valence-electron chi connectivity index (χ3n) is 2.02. The predicted molar refractivity (Wildman–Crippen MR) is 45.2 cm³/mol. The molecule has 0 radical (unpaired) electrons. The van der Waals surface area contributed by atoms with Crippen molar-refractivity contribution in [2.45, 2.75) is 26.2 Å². The Bertz CT molecular complexity index is 184. The van der Waals surface area contributed by atoms with Crippen LogP contribution in [0.25, 0.3) is 0 Å². The summed E-state index contributed by atoms with van der Waals surface area (Å²) in [6.45, 7) is 2.97. The first-order valence-electron chi connectivity index (χ1n) is 4.16. The van der Waals surface area contributed by atoms with Crippen molar-refractivity contribution >= 4 is 5.91 Å². The fourth-order valence-corrected chi connectivity index (χ4v) is 1.39. The van der Waals surface area contributed by atoms with E-state index in [0.29, 0.717) is 6.42 Å². The van der Waals surface area contributed by atoms with E-state index < -0.39 is 0 Å². The van der Waals surface area contributed by atoms with Gasteiger partial charge in [-0.15, -0.1) is 0 Å². The van der Waals surface area contributed by atoms with Gasteiger partial charge in [-0.3, -0.25) is 4.79 Å². The van der Waals surface area contributed by atoms with Crippen LogP contribution < -0.4 is 0 Å². The van der Waals surface area contributed by atoms with Crippen LogP contribution in [0.15, 0.2) is 11.6 Å². The summed E-state index contributed by atoms with van der Waals surface area (Å²) in [5.41, 5.74) is 1.41. The van der Waals surface area contributed by atoms with Crippen LogP contribution in [0, 0.1) is 0 Å². The molecule has 62 valence electrons. The average molecular weight is 153 g/mol. The van der Waals surface area contributed by atoms with Gasteiger partial charge in [-0.05, 0) is 12.8 Å². The van der Waals surface area contributed by atoms with Crippen molar-refractivity contribution in [3.63, 3.8) is 0 Å². The fourth-order valence-electron chi connectivity index (χ4n) is 1.39. The molecule has 0 aromatic carbocycles. The molecule has 11 heavy (non-hydrogen) atoms. The molecule has 0 spiro atoms. The fraction of sp³-hybridized carbons (Fsp3) is 0.667.